The molecule has 0 amide bonds. The summed E-state index contributed by atoms with van der Waals surface area (Å²) in [5, 5.41) is 9.77. The monoisotopic (exact) mass is 245 g/mol. The van der Waals surface area contributed by atoms with Gasteiger partial charge in [0.25, 0.3) is 0 Å². The van der Waals surface area contributed by atoms with E-state index in [1.165, 1.54) is 36.8 Å². The van der Waals surface area contributed by atoms with Gasteiger partial charge in [-0.2, -0.15) is 0 Å². The lowest BCUT2D eigenvalue weighted by Crippen LogP contribution is -2.52. The van der Waals surface area contributed by atoms with Gasteiger partial charge in [0.05, 0.1) is 0 Å². The molecule has 0 radical (unpaired) electrons. The Kier molecular flexibility index (Phi) is 2.86. The second-order valence-electron chi connectivity index (χ2n) is 6.35. The molecule has 3 atom stereocenters. The van der Waals surface area contributed by atoms with Crippen LogP contribution in [-0.2, 0) is 11.8 Å². The van der Waals surface area contributed by atoms with Crippen molar-refractivity contribution in [2.24, 2.45) is 11.7 Å². The van der Waals surface area contributed by atoms with Crippen molar-refractivity contribution >= 4 is 0 Å². The van der Waals surface area contributed by atoms with Crippen molar-refractivity contribution in [2.75, 3.05) is 0 Å². The van der Waals surface area contributed by atoms with Gasteiger partial charge in [-0.15, -0.1) is 0 Å². The average molecular weight is 245 g/mol. The van der Waals surface area contributed by atoms with Gasteiger partial charge >= 0.3 is 0 Å². The Morgan fingerprint density at radius 3 is 2.94 bits per heavy atom. The largest absolute Gasteiger partial charge is 0.508 e. The molecule has 1 saturated carbocycles. The van der Waals surface area contributed by atoms with Crippen LogP contribution in [-0.4, -0.2) is 11.1 Å². The third-order valence-corrected chi connectivity index (χ3v) is 5.21. The number of rotatable bonds is 0. The first-order valence-corrected chi connectivity index (χ1v) is 7.19. The van der Waals surface area contributed by atoms with Crippen LogP contribution >= 0.6 is 0 Å². The van der Waals surface area contributed by atoms with Crippen LogP contribution in [0.25, 0.3) is 0 Å². The molecule has 98 valence electrons. The van der Waals surface area contributed by atoms with E-state index in [0.29, 0.717) is 11.7 Å². The fourth-order valence-corrected chi connectivity index (χ4v) is 4.04. The van der Waals surface area contributed by atoms with E-state index in [0.717, 1.165) is 12.8 Å². The van der Waals surface area contributed by atoms with Crippen molar-refractivity contribution in [1.82, 2.24) is 0 Å². The van der Waals surface area contributed by atoms with E-state index < -0.39 is 0 Å². The van der Waals surface area contributed by atoms with Crippen molar-refractivity contribution in [1.29, 1.82) is 0 Å². The minimum Gasteiger partial charge on any atom is -0.508 e. The molecule has 2 aliphatic rings. The van der Waals surface area contributed by atoms with Crippen LogP contribution in [0.5, 0.6) is 5.75 Å². The number of hydrogen-bond donors (Lipinski definition) is 2. The van der Waals surface area contributed by atoms with E-state index in [1.807, 2.05) is 12.1 Å². The van der Waals surface area contributed by atoms with Gasteiger partial charge in [0, 0.05) is 11.5 Å². The highest BCUT2D eigenvalue weighted by Gasteiger charge is 2.43. The van der Waals surface area contributed by atoms with Crippen LogP contribution in [0, 0.1) is 5.92 Å². The van der Waals surface area contributed by atoms with Crippen molar-refractivity contribution in [3.8, 4) is 5.75 Å². The lowest BCUT2D eigenvalue weighted by atomic mass is 9.60. The zero-order valence-electron chi connectivity index (χ0n) is 11.2. The summed E-state index contributed by atoms with van der Waals surface area (Å²) in [7, 11) is 0. The summed E-state index contributed by atoms with van der Waals surface area (Å²) >= 11 is 0. The van der Waals surface area contributed by atoms with Crippen LogP contribution in [0.15, 0.2) is 18.2 Å². The molecule has 2 bridgehead atoms. The summed E-state index contributed by atoms with van der Waals surface area (Å²) in [5.41, 5.74) is 9.33. The van der Waals surface area contributed by atoms with E-state index in [-0.39, 0.29) is 11.5 Å². The normalized spacial score (nSPS) is 35.4. The predicted molar refractivity (Wildman–Crippen MR) is 73.7 cm³/mol. The average Bonchev–Trinajstić information content (AvgIpc) is 2.35. The van der Waals surface area contributed by atoms with Gasteiger partial charge in [-0.05, 0) is 48.4 Å². The predicted octanol–water partition coefficient (Wildman–Crippen LogP) is 3.11. The Labute approximate surface area is 109 Å². The van der Waals surface area contributed by atoms with Crippen molar-refractivity contribution in [3.05, 3.63) is 29.3 Å². The van der Waals surface area contributed by atoms with Crippen LogP contribution in [0.4, 0.5) is 0 Å². The van der Waals surface area contributed by atoms with Gasteiger partial charge in [0.2, 0.25) is 0 Å². The van der Waals surface area contributed by atoms with E-state index in [1.54, 1.807) is 0 Å². The van der Waals surface area contributed by atoms with Gasteiger partial charge in [-0.25, -0.2) is 0 Å². The van der Waals surface area contributed by atoms with Crippen molar-refractivity contribution in [3.63, 3.8) is 0 Å². The fourth-order valence-electron chi connectivity index (χ4n) is 4.04. The standard InChI is InChI=1S/C16H23NO/c1-16-8-4-2-3-5-12(15(16)17)9-11-6-7-13(18)10-14(11)16/h6-7,10,12,15,18H,2-5,8-9,17H2,1H3/t12-,15+,16-/m1/s1. The molecule has 2 nitrogen and oxygen atoms in total. The number of phenols is 1. The SMILES string of the molecule is C[C@@]12CCCCC[C@H](Cc3ccc(O)cc31)[C@@H]2N. The number of fused-ring (bicyclic) bond motifs is 4. The molecule has 0 spiro atoms. The van der Waals surface area contributed by atoms with Crippen LogP contribution in [0.2, 0.25) is 0 Å². The fraction of sp³-hybridized carbons (Fsp3) is 0.625. The number of phenolic OH excluding ortho intramolecular Hbond substituents is 1. The van der Waals surface area contributed by atoms with Gasteiger partial charge in [-0.1, -0.05) is 32.3 Å². The van der Waals surface area contributed by atoms with Crippen molar-refractivity contribution < 1.29 is 5.11 Å². The van der Waals surface area contributed by atoms with E-state index in [9.17, 15) is 5.11 Å². The van der Waals surface area contributed by atoms with Gasteiger partial charge in [-0.3, -0.25) is 0 Å². The van der Waals surface area contributed by atoms with E-state index in [2.05, 4.69) is 13.0 Å². The van der Waals surface area contributed by atoms with Gasteiger partial charge < -0.3 is 10.8 Å². The highest BCUT2D eigenvalue weighted by Crippen LogP contribution is 2.46. The number of benzene rings is 1. The molecule has 0 heterocycles. The van der Waals surface area contributed by atoms with E-state index in [4.69, 9.17) is 5.73 Å². The quantitative estimate of drug-likeness (QED) is 0.737. The highest BCUT2D eigenvalue weighted by atomic mass is 16.3. The first-order chi connectivity index (χ1) is 8.61. The maximum absolute atomic E-state index is 9.77. The molecule has 0 saturated heterocycles. The number of nitrogens with two attached hydrogens (primary N) is 1. The highest BCUT2D eigenvalue weighted by molar-refractivity contribution is 5.43. The van der Waals surface area contributed by atoms with Crippen LogP contribution in [0.1, 0.15) is 50.2 Å². The Morgan fingerprint density at radius 2 is 2.11 bits per heavy atom. The Bertz CT molecular complexity index is 456. The Morgan fingerprint density at radius 1 is 1.28 bits per heavy atom. The molecular weight excluding hydrogens is 222 g/mol. The summed E-state index contributed by atoms with van der Waals surface area (Å²) in [4.78, 5) is 0. The van der Waals surface area contributed by atoms with Gasteiger partial charge in [0.15, 0.2) is 0 Å². The molecule has 1 fully saturated rings. The van der Waals surface area contributed by atoms with Crippen molar-refractivity contribution in [2.45, 2.75) is 56.9 Å². The first kappa shape index (κ1) is 12.0. The molecule has 0 unspecified atom stereocenters. The molecule has 3 N–H and O–H groups in total. The maximum atomic E-state index is 9.77. The molecule has 2 aliphatic carbocycles. The first-order valence-electron chi connectivity index (χ1n) is 7.19. The molecule has 3 rings (SSSR count). The molecule has 0 aliphatic heterocycles. The molecule has 2 heteroatoms. The summed E-state index contributed by atoms with van der Waals surface area (Å²) in [6.07, 6.45) is 7.41. The lowest BCUT2D eigenvalue weighted by molar-refractivity contribution is 0.201. The number of aromatic hydroxyl groups is 1. The summed E-state index contributed by atoms with van der Waals surface area (Å²) in [6, 6.07) is 6.11. The zero-order chi connectivity index (χ0) is 12.8. The maximum Gasteiger partial charge on any atom is 0.115 e. The Balaban J connectivity index is 2.11. The second-order valence-corrected chi connectivity index (χ2v) is 6.35. The third kappa shape index (κ3) is 1.74. The molecule has 18 heavy (non-hydrogen) atoms. The van der Waals surface area contributed by atoms with Gasteiger partial charge in [0.1, 0.15) is 5.75 Å². The lowest BCUT2D eigenvalue weighted by Gasteiger charge is -2.47. The van der Waals surface area contributed by atoms with E-state index >= 15 is 0 Å². The minimum atomic E-state index is 0.0530. The molecule has 1 aromatic carbocycles. The topological polar surface area (TPSA) is 46.2 Å². The molecule has 1 aromatic rings. The summed E-state index contributed by atoms with van der Waals surface area (Å²) in [6.45, 7) is 2.30. The second kappa shape index (κ2) is 4.27. The Hall–Kier alpha value is -1.02. The third-order valence-electron chi connectivity index (χ3n) is 5.21. The molecular formula is C16H23NO. The van der Waals surface area contributed by atoms with Crippen LogP contribution in [0.3, 0.4) is 0 Å². The smallest absolute Gasteiger partial charge is 0.115 e. The summed E-state index contributed by atoms with van der Waals surface area (Å²) < 4.78 is 0. The summed E-state index contributed by atoms with van der Waals surface area (Å²) in [5.74, 6) is 0.995. The minimum absolute atomic E-state index is 0.0530. The molecule has 0 aromatic heterocycles. The number of hydrogen-bond acceptors (Lipinski definition) is 2. The van der Waals surface area contributed by atoms with Crippen LogP contribution < -0.4 is 5.73 Å². The zero-order valence-corrected chi connectivity index (χ0v) is 11.2.